The van der Waals surface area contributed by atoms with E-state index >= 15 is 0 Å². The third kappa shape index (κ3) is 5.15. The Morgan fingerprint density at radius 2 is 2.03 bits per heavy atom. The van der Waals surface area contributed by atoms with Gasteiger partial charge in [-0.15, -0.1) is 24.8 Å². The summed E-state index contributed by atoms with van der Waals surface area (Å²) in [5.41, 5.74) is 2.20. The predicted molar refractivity (Wildman–Crippen MR) is 125 cm³/mol. The van der Waals surface area contributed by atoms with Gasteiger partial charge in [-0.1, -0.05) is 27.2 Å². The Morgan fingerprint density at radius 3 is 2.79 bits per heavy atom. The number of rotatable bonds is 6. The number of anilines is 1. The van der Waals surface area contributed by atoms with Crippen LogP contribution in [0.5, 0.6) is 0 Å². The maximum absolute atomic E-state index is 4.98. The fourth-order valence-electron chi connectivity index (χ4n) is 4.73. The van der Waals surface area contributed by atoms with Crippen molar-refractivity contribution < 1.29 is 0 Å². The maximum atomic E-state index is 4.98. The summed E-state index contributed by atoms with van der Waals surface area (Å²) in [5.74, 6) is 2.42. The van der Waals surface area contributed by atoms with Crippen molar-refractivity contribution in [3.63, 3.8) is 0 Å². The molecule has 0 aliphatic carbocycles. The van der Waals surface area contributed by atoms with E-state index in [2.05, 4.69) is 40.7 Å². The number of aromatic nitrogens is 4. The van der Waals surface area contributed by atoms with E-state index in [1.54, 1.807) is 6.33 Å². The van der Waals surface area contributed by atoms with Crippen LogP contribution < -0.4 is 10.2 Å². The molecule has 0 spiro atoms. The molecule has 0 saturated carbocycles. The molecule has 4 heterocycles. The highest BCUT2D eigenvalue weighted by Gasteiger charge is 2.33. The number of unbranched alkanes of at least 4 members (excludes halogenated alkanes) is 1. The fourth-order valence-corrected chi connectivity index (χ4v) is 4.73. The van der Waals surface area contributed by atoms with Crippen LogP contribution in [0.25, 0.3) is 11.0 Å². The summed E-state index contributed by atoms with van der Waals surface area (Å²) in [5, 5.41) is 9.90. The summed E-state index contributed by atoms with van der Waals surface area (Å²) in [4.78, 5) is 11.9. The molecule has 0 unspecified atom stereocenters. The molecule has 29 heavy (non-hydrogen) atoms. The predicted octanol–water partition coefficient (Wildman–Crippen LogP) is 4.25. The molecule has 164 valence electrons. The lowest BCUT2D eigenvalue weighted by atomic mass is 9.85. The second-order valence-corrected chi connectivity index (χ2v) is 8.71. The number of nitrogens with one attached hydrogen (secondary N) is 1. The molecule has 8 heteroatoms. The number of nitrogens with zero attached hydrogens (tertiary/aromatic N) is 5. The van der Waals surface area contributed by atoms with E-state index in [4.69, 9.17) is 10.1 Å². The molecular formula is C21H36Cl2N6. The van der Waals surface area contributed by atoms with E-state index in [9.17, 15) is 0 Å². The molecule has 0 amide bonds. The number of hydrogen-bond acceptors (Lipinski definition) is 5. The van der Waals surface area contributed by atoms with Crippen LogP contribution in [0, 0.1) is 11.8 Å². The molecule has 2 saturated heterocycles. The number of piperidine rings is 2. The molecule has 0 radical (unpaired) electrons. The van der Waals surface area contributed by atoms with E-state index in [1.165, 1.54) is 43.3 Å². The summed E-state index contributed by atoms with van der Waals surface area (Å²) in [6, 6.07) is 0.690. The van der Waals surface area contributed by atoms with Gasteiger partial charge in [0.1, 0.15) is 12.1 Å². The van der Waals surface area contributed by atoms with Gasteiger partial charge >= 0.3 is 0 Å². The van der Waals surface area contributed by atoms with Crippen LogP contribution >= 0.6 is 24.8 Å². The number of hydrogen-bond donors (Lipinski definition) is 1. The smallest absolute Gasteiger partial charge is 0.163 e. The molecule has 1 N–H and O–H groups in total. The van der Waals surface area contributed by atoms with E-state index in [0.717, 1.165) is 49.9 Å². The lowest BCUT2D eigenvalue weighted by Crippen LogP contribution is -2.52. The van der Waals surface area contributed by atoms with Crippen molar-refractivity contribution in [2.75, 3.05) is 24.5 Å². The van der Waals surface area contributed by atoms with E-state index in [1.807, 2.05) is 0 Å². The molecule has 2 aromatic heterocycles. The topological polar surface area (TPSA) is 58.9 Å². The Hall–Kier alpha value is -1.11. The zero-order valence-corrected chi connectivity index (χ0v) is 19.6. The Bertz CT molecular complexity index is 778. The lowest BCUT2D eigenvalue weighted by molar-refractivity contribution is 0.244. The first kappa shape index (κ1) is 24.2. The van der Waals surface area contributed by atoms with Crippen LogP contribution in [0.4, 0.5) is 5.82 Å². The lowest BCUT2D eigenvalue weighted by Gasteiger charge is -2.42. The second kappa shape index (κ2) is 10.8. The van der Waals surface area contributed by atoms with Crippen LogP contribution in [0.1, 0.15) is 58.6 Å². The number of fused-ring (bicyclic) bond motifs is 2. The first-order valence-corrected chi connectivity index (χ1v) is 10.9. The molecule has 0 bridgehead atoms. The summed E-state index contributed by atoms with van der Waals surface area (Å²) < 4.78 is 2.12. The van der Waals surface area contributed by atoms with Gasteiger partial charge < -0.3 is 10.2 Å². The highest BCUT2D eigenvalue weighted by molar-refractivity contribution is 5.90. The zero-order chi connectivity index (χ0) is 18.8. The maximum Gasteiger partial charge on any atom is 0.163 e. The van der Waals surface area contributed by atoms with Crippen molar-refractivity contribution in [1.82, 2.24) is 25.1 Å². The number of halogens is 2. The fraction of sp³-hybridized carbons (Fsp3) is 0.762. The quantitative estimate of drug-likeness (QED) is 0.724. The average molecular weight is 443 g/mol. The molecule has 2 atom stereocenters. The van der Waals surface area contributed by atoms with Gasteiger partial charge in [-0.25, -0.2) is 14.6 Å². The van der Waals surface area contributed by atoms with Crippen LogP contribution in [-0.4, -0.2) is 45.4 Å². The monoisotopic (exact) mass is 442 g/mol. The van der Waals surface area contributed by atoms with Gasteiger partial charge in [0.15, 0.2) is 5.65 Å². The van der Waals surface area contributed by atoms with Crippen molar-refractivity contribution in [3.05, 3.63) is 12.0 Å². The SMILES string of the molecule is CCCCn1nc(CC(C)C)c2c(N3CC[C@@H]4NCCC[C@@H]4C3)ncnc21.Cl.Cl. The van der Waals surface area contributed by atoms with Gasteiger partial charge in [0.25, 0.3) is 0 Å². The van der Waals surface area contributed by atoms with Crippen molar-refractivity contribution in [2.45, 2.75) is 71.9 Å². The minimum Gasteiger partial charge on any atom is -0.356 e. The van der Waals surface area contributed by atoms with E-state index < -0.39 is 0 Å². The second-order valence-electron chi connectivity index (χ2n) is 8.71. The van der Waals surface area contributed by atoms with E-state index in [0.29, 0.717) is 12.0 Å². The summed E-state index contributed by atoms with van der Waals surface area (Å²) >= 11 is 0. The summed E-state index contributed by atoms with van der Waals surface area (Å²) in [6.45, 7) is 11.0. The highest BCUT2D eigenvalue weighted by Crippen LogP contribution is 2.33. The summed E-state index contributed by atoms with van der Waals surface area (Å²) in [7, 11) is 0. The average Bonchev–Trinajstić information content (AvgIpc) is 3.03. The Balaban J connectivity index is 0.00000150. The molecule has 6 nitrogen and oxygen atoms in total. The third-order valence-electron chi connectivity index (χ3n) is 6.10. The molecule has 0 aromatic carbocycles. The Morgan fingerprint density at radius 1 is 1.21 bits per heavy atom. The van der Waals surface area contributed by atoms with Crippen LogP contribution in [0.15, 0.2) is 6.33 Å². The van der Waals surface area contributed by atoms with E-state index in [-0.39, 0.29) is 24.8 Å². The zero-order valence-electron chi connectivity index (χ0n) is 17.9. The normalized spacial score (nSPS) is 21.6. The van der Waals surface area contributed by atoms with Gasteiger partial charge in [0, 0.05) is 25.7 Å². The first-order valence-electron chi connectivity index (χ1n) is 10.9. The molecule has 2 aromatic rings. The minimum atomic E-state index is 0. The van der Waals surface area contributed by atoms with Gasteiger partial charge in [-0.05, 0) is 50.5 Å². The van der Waals surface area contributed by atoms with Gasteiger partial charge in [-0.3, -0.25) is 0 Å². The highest BCUT2D eigenvalue weighted by atomic mass is 35.5. The molecule has 2 aliphatic heterocycles. The van der Waals surface area contributed by atoms with Gasteiger partial charge in [-0.2, -0.15) is 5.10 Å². The van der Waals surface area contributed by atoms with Crippen molar-refractivity contribution in [1.29, 1.82) is 0 Å². The molecule has 2 fully saturated rings. The van der Waals surface area contributed by atoms with Gasteiger partial charge in [0.2, 0.25) is 0 Å². The Kier molecular flexibility index (Phi) is 8.98. The number of aryl methyl sites for hydroxylation is 1. The van der Waals surface area contributed by atoms with Crippen molar-refractivity contribution in [2.24, 2.45) is 11.8 Å². The largest absolute Gasteiger partial charge is 0.356 e. The first-order chi connectivity index (χ1) is 13.2. The molecular weight excluding hydrogens is 407 g/mol. The van der Waals surface area contributed by atoms with Crippen molar-refractivity contribution in [3.8, 4) is 0 Å². The third-order valence-corrected chi connectivity index (χ3v) is 6.10. The molecule has 4 rings (SSSR count). The van der Waals surface area contributed by atoms with Crippen LogP contribution in [0.2, 0.25) is 0 Å². The molecule has 2 aliphatic rings. The summed E-state index contributed by atoms with van der Waals surface area (Å²) in [6.07, 6.45) is 8.86. The van der Waals surface area contributed by atoms with Crippen molar-refractivity contribution >= 4 is 41.7 Å². The van der Waals surface area contributed by atoms with Crippen LogP contribution in [0.3, 0.4) is 0 Å². The Labute approximate surface area is 187 Å². The van der Waals surface area contributed by atoms with Gasteiger partial charge in [0.05, 0.1) is 11.1 Å². The standard InChI is InChI=1S/C21H34N6.2ClH/c1-4-5-10-27-21-19(18(25-27)12-15(2)3)20(23-14-24-21)26-11-8-17-16(13-26)7-6-9-22-17;;/h14-17,22H,4-13H2,1-3H3;2*1H/t16-,17+;;/m1../s1. The van der Waals surface area contributed by atoms with Crippen LogP contribution in [-0.2, 0) is 13.0 Å². The minimum absolute atomic E-state index is 0.